The molecule has 2 aromatic carbocycles. The number of ether oxygens (including phenoxy) is 2. The molecule has 0 bridgehead atoms. The summed E-state index contributed by atoms with van der Waals surface area (Å²) in [7, 11) is 0. The molecule has 0 atom stereocenters. The molecule has 31 heavy (non-hydrogen) atoms. The van der Waals surface area contributed by atoms with Gasteiger partial charge in [-0.2, -0.15) is 0 Å². The van der Waals surface area contributed by atoms with Crippen LogP contribution in [0.3, 0.4) is 0 Å². The summed E-state index contributed by atoms with van der Waals surface area (Å²) >= 11 is 3.26. The van der Waals surface area contributed by atoms with Crippen molar-refractivity contribution in [3.8, 4) is 11.5 Å². The molecule has 0 aromatic heterocycles. The molecule has 0 saturated carbocycles. The standard InChI is InChI=1S/C19H20N4O2S2.2CH4.2ClH/c1-5-16(26-18-20-9-10-21-18)6-2-14(1)24-13-25-15-3-7-17(8-4-15)27-19-22-11-12-23-19;;;;/h1-8H,9-13H2,(H,20,21)(H,22,23);2*1H4;2*1H. The molecule has 0 unspecified atom stereocenters. The van der Waals surface area contributed by atoms with Crippen LogP contribution in [0.4, 0.5) is 0 Å². The molecule has 0 amide bonds. The van der Waals surface area contributed by atoms with Gasteiger partial charge in [0.1, 0.15) is 11.5 Å². The Hall–Kier alpha value is -1.74. The van der Waals surface area contributed by atoms with Gasteiger partial charge in [0.25, 0.3) is 0 Å². The zero-order chi connectivity index (χ0) is 18.3. The Morgan fingerprint density at radius 2 is 1.06 bits per heavy atom. The van der Waals surface area contributed by atoms with Crippen molar-refractivity contribution in [2.45, 2.75) is 24.6 Å². The number of amidine groups is 2. The van der Waals surface area contributed by atoms with Crippen LogP contribution in [0, 0.1) is 0 Å². The van der Waals surface area contributed by atoms with E-state index >= 15 is 0 Å². The predicted molar refractivity (Wildman–Crippen MR) is 139 cm³/mol. The van der Waals surface area contributed by atoms with Gasteiger partial charge in [-0.3, -0.25) is 9.98 Å². The van der Waals surface area contributed by atoms with E-state index in [1.807, 2.05) is 48.5 Å². The van der Waals surface area contributed by atoms with E-state index in [0.717, 1.165) is 57.8 Å². The molecule has 172 valence electrons. The second kappa shape index (κ2) is 15.1. The molecule has 0 fully saturated rings. The summed E-state index contributed by atoms with van der Waals surface area (Å²) in [6.45, 7) is 3.72. The monoisotopic (exact) mass is 504 g/mol. The number of hydrogen-bond acceptors (Lipinski definition) is 8. The fraction of sp³-hybridized carbons (Fsp3) is 0.333. The van der Waals surface area contributed by atoms with Gasteiger partial charge in [-0.1, -0.05) is 38.4 Å². The van der Waals surface area contributed by atoms with Crippen molar-refractivity contribution >= 4 is 58.7 Å². The highest BCUT2D eigenvalue weighted by Crippen LogP contribution is 2.24. The summed E-state index contributed by atoms with van der Waals surface area (Å²) < 4.78 is 11.3. The number of thioether (sulfide) groups is 2. The topological polar surface area (TPSA) is 67.2 Å². The van der Waals surface area contributed by atoms with E-state index in [9.17, 15) is 0 Å². The van der Waals surface area contributed by atoms with Crippen LogP contribution >= 0.6 is 48.3 Å². The smallest absolute Gasteiger partial charge is 0.230 e. The SMILES string of the molecule is C.C.Cl.Cl.c1cc(SC2=NCCN2)ccc1OCOc1ccc(SC2=NCCN2)cc1. The Bertz CT molecular complexity index is 765. The van der Waals surface area contributed by atoms with Gasteiger partial charge in [-0.05, 0) is 48.5 Å². The molecular weight excluding hydrogens is 475 g/mol. The van der Waals surface area contributed by atoms with Crippen LogP contribution in [-0.4, -0.2) is 43.3 Å². The number of aliphatic imine (C=N–C) groups is 2. The lowest BCUT2D eigenvalue weighted by Gasteiger charge is -2.10. The first kappa shape index (κ1) is 29.3. The van der Waals surface area contributed by atoms with Crippen molar-refractivity contribution in [2.75, 3.05) is 33.0 Å². The number of hydrogen-bond donors (Lipinski definition) is 2. The predicted octanol–water partition coefficient (Wildman–Crippen LogP) is 5.32. The average molecular weight is 506 g/mol. The van der Waals surface area contributed by atoms with E-state index in [2.05, 4.69) is 20.6 Å². The first-order valence-corrected chi connectivity index (χ1v) is 10.4. The van der Waals surface area contributed by atoms with Crippen LogP contribution in [-0.2, 0) is 0 Å². The summed E-state index contributed by atoms with van der Waals surface area (Å²) in [5.41, 5.74) is 0. The molecule has 2 aliphatic rings. The lowest BCUT2D eigenvalue weighted by Crippen LogP contribution is -2.14. The highest BCUT2D eigenvalue weighted by atomic mass is 35.5. The Balaban J connectivity index is 0.00000225. The lowest BCUT2D eigenvalue weighted by atomic mass is 10.3. The molecule has 2 aromatic rings. The quantitative estimate of drug-likeness (QED) is 0.518. The van der Waals surface area contributed by atoms with Gasteiger partial charge in [0.2, 0.25) is 6.79 Å². The van der Waals surface area contributed by atoms with E-state index in [1.165, 1.54) is 0 Å². The van der Waals surface area contributed by atoms with Crippen molar-refractivity contribution in [1.82, 2.24) is 10.6 Å². The van der Waals surface area contributed by atoms with Crippen LogP contribution in [0.15, 0.2) is 68.3 Å². The number of rotatable bonds is 6. The molecule has 10 heteroatoms. The molecule has 2 N–H and O–H groups in total. The van der Waals surface area contributed by atoms with Gasteiger partial charge in [-0.15, -0.1) is 24.8 Å². The van der Waals surface area contributed by atoms with Crippen LogP contribution in [0.1, 0.15) is 14.9 Å². The van der Waals surface area contributed by atoms with Crippen LogP contribution in [0.25, 0.3) is 0 Å². The molecule has 0 aliphatic carbocycles. The van der Waals surface area contributed by atoms with Crippen LogP contribution in [0.5, 0.6) is 11.5 Å². The van der Waals surface area contributed by atoms with Crippen molar-refractivity contribution in [1.29, 1.82) is 0 Å². The minimum atomic E-state index is 0. The van der Waals surface area contributed by atoms with Gasteiger partial charge < -0.3 is 20.1 Å². The van der Waals surface area contributed by atoms with Gasteiger partial charge in [0, 0.05) is 22.9 Å². The highest BCUT2D eigenvalue weighted by molar-refractivity contribution is 8.14. The summed E-state index contributed by atoms with van der Waals surface area (Å²) in [6, 6.07) is 15.9. The Morgan fingerprint density at radius 3 is 1.39 bits per heavy atom. The van der Waals surface area contributed by atoms with E-state index in [1.54, 1.807) is 23.5 Å². The first-order valence-electron chi connectivity index (χ1n) is 8.73. The molecule has 0 radical (unpaired) electrons. The number of nitrogens with zero attached hydrogens (tertiary/aromatic N) is 2. The molecule has 0 spiro atoms. The summed E-state index contributed by atoms with van der Waals surface area (Å²) in [5, 5.41) is 8.45. The molecule has 6 nitrogen and oxygen atoms in total. The Morgan fingerprint density at radius 1 is 0.677 bits per heavy atom. The van der Waals surface area contributed by atoms with Gasteiger partial charge in [-0.25, -0.2) is 0 Å². The zero-order valence-corrected chi connectivity index (χ0v) is 18.8. The minimum absolute atomic E-state index is 0. The summed E-state index contributed by atoms with van der Waals surface area (Å²) in [6.07, 6.45) is 0. The number of benzene rings is 2. The Labute approximate surface area is 205 Å². The normalized spacial score (nSPS) is 13.5. The number of halogens is 2. The molecular formula is C21H30Cl2N4O2S2. The van der Waals surface area contributed by atoms with Crippen molar-refractivity contribution in [2.24, 2.45) is 9.98 Å². The zero-order valence-electron chi connectivity index (χ0n) is 15.5. The molecule has 4 rings (SSSR count). The van der Waals surface area contributed by atoms with E-state index in [-0.39, 0.29) is 46.5 Å². The molecule has 0 saturated heterocycles. The maximum Gasteiger partial charge on any atom is 0.230 e. The molecule has 2 heterocycles. The Kier molecular flexibility index (Phi) is 14.3. The maximum atomic E-state index is 5.66. The molecule has 2 aliphatic heterocycles. The second-order valence-electron chi connectivity index (χ2n) is 5.78. The summed E-state index contributed by atoms with van der Waals surface area (Å²) in [4.78, 5) is 11.0. The third-order valence-electron chi connectivity index (χ3n) is 3.81. The highest BCUT2D eigenvalue weighted by Gasteiger charge is 2.08. The minimum Gasteiger partial charge on any atom is -0.458 e. The summed E-state index contributed by atoms with van der Waals surface area (Å²) in [5.74, 6) is 1.55. The van der Waals surface area contributed by atoms with Crippen molar-refractivity contribution in [3.05, 3.63) is 48.5 Å². The third-order valence-corrected chi connectivity index (χ3v) is 5.76. The second-order valence-corrected chi connectivity index (χ2v) is 7.91. The van der Waals surface area contributed by atoms with Crippen LogP contribution < -0.4 is 20.1 Å². The van der Waals surface area contributed by atoms with Crippen LogP contribution in [0.2, 0.25) is 0 Å². The lowest BCUT2D eigenvalue weighted by molar-refractivity contribution is 0.120. The van der Waals surface area contributed by atoms with E-state index in [0.29, 0.717) is 0 Å². The fourth-order valence-electron chi connectivity index (χ4n) is 2.49. The van der Waals surface area contributed by atoms with Crippen molar-refractivity contribution in [3.63, 3.8) is 0 Å². The average Bonchev–Trinajstić information content (AvgIpc) is 3.39. The van der Waals surface area contributed by atoms with E-state index in [4.69, 9.17) is 9.47 Å². The van der Waals surface area contributed by atoms with Gasteiger partial charge in [0.05, 0.1) is 13.1 Å². The van der Waals surface area contributed by atoms with Gasteiger partial charge >= 0.3 is 0 Å². The van der Waals surface area contributed by atoms with E-state index < -0.39 is 0 Å². The maximum absolute atomic E-state index is 5.66. The largest absolute Gasteiger partial charge is 0.458 e. The van der Waals surface area contributed by atoms with Gasteiger partial charge in [0.15, 0.2) is 10.3 Å². The third kappa shape index (κ3) is 9.11. The number of nitrogens with one attached hydrogen (secondary N) is 2. The first-order chi connectivity index (χ1) is 13.3. The fourth-order valence-corrected chi connectivity index (χ4v) is 4.14. The van der Waals surface area contributed by atoms with Crippen molar-refractivity contribution < 1.29 is 9.47 Å².